The number of nitrogens with zero attached hydrogens (tertiary/aromatic N) is 1. The highest BCUT2D eigenvalue weighted by Gasteiger charge is 2.15. The van der Waals surface area contributed by atoms with Crippen LogP contribution in [0.25, 0.3) is 0 Å². The summed E-state index contributed by atoms with van der Waals surface area (Å²) in [4.78, 5) is 16.2. The van der Waals surface area contributed by atoms with E-state index in [1.54, 1.807) is 7.11 Å². The SMILES string of the molecule is CCNC(=NCc1ccc(C)cc1OC)NCCCNC(=O)OC(C)(C)C. The zero-order valence-electron chi connectivity index (χ0n) is 17.4. The fourth-order valence-corrected chi connectivity index (χ4v) is 2.29. The maximum absolute atomic E-state index is 11.6. The summed E-state index contributed by atoms with van der Waals surface area (Å²) >= 11 is 0. The number of hydrogen-bond donors (Lipinski definition) is 3. The van der Waals surface area contributed by atoms with Gasteiger partial charge < -0.3 is 25.4 Å². The van der Waals surface area contributed by atoms with Gasteiger partial charge in [-0.1, -0.05) is 12.1 Å². The molecule has 0 spiro atoms. The lowest BCUT2D eigenvalue weighted by atomic mass is 10.1. The Bertz CT molecular complexity index is 624. The number of guanidine groups is 1. The van der Waals surface area contributed by atoms with E-state index in [1.165, 1.54) is 0 Å². The summed E-state index contributed by atoms with van der Waals surface area (Å²) in [5.41, 5.74) is 1.71. The molecule has 0 aliphatic carbocycles. The van der Waals surface area contributed by atoms with Crippen LogP contribution in [0.15, 0.2) is 23.2 Å². The van der Waals surface area contributed by atoms with Gasteiger partial charge in [0.1, 0.15) is 11.4 Å². The highest BCUT2D eigenvalue weighted by molar-refractivity contribution is 5.79. The zero-order valence-corrected chi connectivity index (χ0v) is 17.4. The molecule has 0 saturated heterocycles. The number of aliphatic imine (C=N–C) groups is 1. The fourth-order valence-electron chi connectivity index (χ4n) is 2.29. The molecule has 0 aliphatic heterocycles. The van der Waals surface area contributed by atoms with E-state index in [0.29, 0.717) is 19.6 Å². The molecule has 0 atom stereocenters. The van der Waals surface area contributed by atoms with Crippen LogP contribution in [0, 0.1) is 6.92 Å². The van der Waals surface area contributed by atoms with Crippen molar-refractivity contribution in [3.05, 3.63) is 29.3 Å². The van der Waals surface area contributed by atoms with Gasteiger partial charge in [0.25, 0.3) is 0 Å². The van der Waals surface area contributed by atoms with Crippen molar-refractivity contribution in [3.63, 3.8) is 0 Å². The molecule has 152 valence electrons. The minimum absolute atomic E-state index is 0.394. The van der Waals surface area contributed by atoms with Gasteiger partial charge in [-0.3, -0.25) is 0 Å². The number of amides is 1. The number of methoxy groups -OCH3 is 1. The Morgan fingerprint density at radius 2 is 1.85 bits per heavy atom. The Labute approximate surface area is 162 Å². The number of carbonyl (C=O) groups is 1. The lowest BCUT2D eigenvalue weighted by molar-refractivity contribution is 0.0527. The molecule has 0 heterocycles. The monoisotopic (exact) mass is 378 g/mol. The van der Waals surface area contributed by atoms with Gasteiger partial charge in [-0.25, -0.2) is 9.79 Å². The molecule has 3 N–H and O–H groups in total. The lowest BCUT2D eigenvalue weighted by Crippen LogP contribution is -2.39. The Balaban J connectivity index is 2.45. The van der Waals surface area contributed by atoms with Gasteiger partial charge in [0, 0.05) is 25.2 Å². The predicted octanol–water partition coefficient (Wildman–Crippen LogP) is 2.97. The van der Waals surface area contributed by atoms with Crippen LogP contribution in [0.4, 0.5) is 4.79 Å². The molecule has 1 aromatic rings. The van der Waals surface area contributed by atoms with E-state index in [-0.39, 0.29) is 0 Å². The summed E-state index contributed by atoms with van der Waals surface area (Å²) in [6.45, 7) is 12.1. The van der Waals surface area contributed by atoms with Gasteiger partial charge in [-0.05, 0) is 52.7 Å². The zero-order chi connectivity index (χ0) is 20.3. The van der Waals surface area contributed by atoms with Crippen LogP contribution in [0.5, 0.6) is 5.75 Å². The second-order valence-corrected chi connectivity index (χ2v) is 7.22. The Morgan fingerprint density at radius 3 is 2.48 bits per heavy atom. The maximum Gasteiger partial charge on any atom is 0.407 e. The van der Waals surface area contributed by atoms with E-state index in [1.807, 2.05) is 46.8 Å². The molecule has 7 nitrogen and oxygen atoms in total. The summed E-state index contributed by atoms with van der Waals surface area (Å²) in [5, 5.41) is 9.23. The van der Waals surface area contributed by atoms with Gasteiger partial charge in [0.2, 0.25) is 0 Å². The molecule has 0 unspecified atom stereocenters. The molecule has 27 heavy (non-hydrogen) atoms. The largest absolute Gasteiger partial charge is 0.496 e. The normalized spacial score (nSPS) is 11.7. The maximum atomic E-state index is 11.6. The van der Waals surface area contributed by atoms with Gasteiger partial charge in [0.15, 0.2) is 5.96 Å². The van der Waals surface area contributed by atoms with E-state index in [2.05, 4.69) is 27.0 Å². The molecule has 0 aliphatic rings. The highest BCUT2D eigenvalue weighted by atomic mass is 16.6. The topological polar surface area (TPSA) is 84.0 Å². The molecule has 7 heteroatoms. The number of hydrogen-bond acceptors (Lipinski definition) is 4. The van der Waals surface area contributed by atoms with E-state index in [4.69, 9.17) is 9.47 Å². The average molecular weight is 379 g/mol. The molecule has 0 aromatic heterocycles. The van der Waals surface area contributed by atoms with Crippen LogP contribution in [0.3, 0.4) is 0 Å². The van der Waals surface area contributed by atoms with E-state index >= 15 is 0 Å². The Kier molecular flexibility index (Phi) is 9.47. The van der Waals surface area contributed by atoms with Crippen LogP contribution >= 0.6 is 0 Å². The van der Waals surface area contributed by atoms with E-state index in [0.717, 1.165) is 35.8 Å². The predicted molar refractivity (Wildman–Crippen MR) is 109 cm³/mol. The quantitative estimate of drug-likeness (QED) is 0.368. The van der Waals surface area contributed by atoms with Gasteiger partial charge >= 0.3 is 6.09 Å². The lowest BCUT2D eigenvalue weighted by Gasteiger charge is -2.19. The molecular formula is C20H34N4O3. The van der Waals surface area contributed by atoms with Crippen molar-refractivity contribution in [2.45, 2.75) is 53.2 Å². The third kappa shape index (κ3) is 9.72. The van der Waals surface area contributed by atoms with Gasteiger partial charge in [-0.15, -0.1) is 0 Å². The van der Waals surface area contributed by atoms with Crippen LogP contribution < -0.4 is 20.7 Å². The molecule has 0 bridgehead atoms. The molecular weight excluding hydrogens is 344 g/mol. The standard InChI is InChI=1S/C20H34N4O3/c1-7-21-18(22-11-8-12-23-19(25)27-20(3,4)5)24-14-16-10-9-15(2)13-17(16)26-6/h9-10,13H,7-8,11-12,14H2,1-6H3,(H,23,25)(H2,21,22,24). The fraction of sp³-hybridized carbons (Fsp3) is 0.600. The summed E-state index contributed by atoms with van der Waals surface area (Å²) < 4.78 is 10.6. The van der Waals surface area contributed by atoms with Crippen molar-refractivity contribution in [1.29, 1.82) is 0 Å². The number of benzene rings is 1. The Hall–Kier alpha value is -2.44. The number of alkyl carbamates (subject to hydrolysis) is 1. The van der Waals surface area contributed by atoms with Crippen LogP contribution in [0.2, 0.25) is 0 Å². The molecule has 0 saturated carbocycles. The van der Waals surface area contributed by atoms with Crippen LogP contribution in [0.1, 0.15) is 45.2 Å². The van der Waals surface area contributed by atoms with Gasteiger partial charge in [-0.2, -0.15) is 0 Å². The number of aryl methyl sites for hydroxylation is 1. The first-order valence-electron chi connectivity index (χ1n) is 9.37. The second-order valence-electron chi connectivity index (χ2n) is 7.22. The molecule has 1 rings (SSSR count). The average Bonchev–Trinajstić information content (AvgIpc) is 2.58. The smallest absolute Gasteiger partial charge is 0.407 e. The van der Waals surface area contributed by atoms with Crippen molar-refractivity contribution >= 4 is 12.1 Å². The molecule has 1 aromatic carbocycles. The van der Waals surface area contributed by atoms with Gasteiger partial charge in [0.05, 0.1) is 13.7 Å². The number of rotatable bonds is 8. The Morgan fingerprint density at radius 1 is 1.15 bits per heavy atom. The first kappa shape index (κ1) is 22.6. The number of nitrogens with one attached hydrogen (secondary N) is 3. The summed E-state index contributed by atoms with van der Waals surface area (Å²) in [6.07, 6.45) is 0.367. The van der Waals surface area contributed by atoms with Crippen LogP contribution in [-0.2, 0) is 11.3 Å². The third-order valence-corrected chi connectivity index (χ3v) is 3.51. The summed E-state index contributed by atoms with van der Waals surface area (Å²) in [5.74, 6) is 1.58. The summed E-state index contributed by atoms with van der Waals surface area (Å²) in [7, 11) is 1.67. The van der Waals surface area contributed by atoms with Crippen molar-refractivity contribution < 1.29 is 14.3 Å². The minimum atomic E-state index is -0.482. The number of carbonyl (C=O) groups excluding carboxylic acids is 1. The third-order valence-electron chi connectivity index (χ3n) is 3.51. The van der Waals surface area contributed by atoms with Crippen molar-refractivity contribution in [3.8, 4) is 5.75 Å². The first-order chi connectivity index (χ1) is 12.7. The molecule has 0 radical (unpaired) electrons. The van der Waals surface area contributed by atoms with Crippen molar-refractivity contribution in [2.24, 2.45) is 4.99 Å². The minimum Gasteiger partial charge on any atom is -0.496 e. The second kappa shape index (κ2) is 11.3. The molecule has 1 amide bonds. The van der Waals surface area contributed by atoms with E-state index < -0.39 is 11.7 Å². The van der Waals surface area contributed by atoms with Crippen molar-refractivity contribution in [1.82, 2.24) is 16.0 Å². The highest BCUT2D eigenvalue weighted by Crippen LogP contribution is 2.20. The molecule has 0 fully saturated rings. The van der Waals surface area contributed by atoms with Crippen LogP contribution in [-0.4, -0.2) is 44.4 Å². The summed E-state index contributed by atoms with van der Waals surface area (Å²) in [6, 6.07) is 6.09. The number of ether oxygens (including phenoxy) is 2. The van der Waals surface area contributed by atoms with E-state index in [9.17, 15) is 4.79 Å². The van der Waals surface area contributed by atoms with Crippen molar-refractivity contribution in [2.75, 3.05) is 26.7 Å². The first-order valence-corrected chi connectivity index (χ1v) is 9.37.